The molecule has 2 aromatic carbocycles. The van der Waals surface area contributed by atoms with Gasteiger partial charge in [0.05, 0.1) is 21.8 Å². The molecule has 0 saturated carbocycles. The van der Waals surface area contributed by atoms with Crippen LogP contribution in [0.3, 0.4) is 0 Å². The summed E-state index contributed by atoms with van der Waals surface area (Å²) in [6.45, 7) is 0. The van der Waals surface area contributed by atoms with Crippen LogP contribution in [0.4, 0.5) is 5.13 Å². The van der Waals surface area contributed by atoms with Crippen LogP contribution in [0.25, 0.3) is 16.0 Å². The number of thiazole rings is 1. The molecule has 9 heteroatoms. The molecule has 1 atom stereocenters. The van der Waals surface area contributed by atoms with Gasteiger partial charge in [-0.05, 0) is 48.0 Å². The van der Waals surface area contributed by atoms with E-state index in [1.807, 2.05) is 0 Å². The summed E-state index contributed by atoms with van der Waals surface area (Å²) >= 11 is 13.4. The van der Waals surface area contributed by atoms with E-state index in [-0.39, 0.29) is 11.3 Å². The van der Waals surface area contributed by atoms with Gasteiger partial charge in [0.15, 0.2) is 5.13 Å². The van der Waals surface area contributed by atoms with Crippen molar-refractivity contribution in [2.45, 2.75) is 6.04 Å². The predicted molar refractivity (Wildman–Crippen MR) is 125 cm³/mol. The molecule has 0 aliphatic carbocycles. The molecule has 1 aliphatic heterocycles. The van der Waals surface area contributed by atoms with E-state index in [4.69, 9.17) is 23.2 Å². The Hall–Kier alpha value is -3.26. The van der Waals surface area contributed by atoms with Crippen molar-refractivity contribution in [1.82, 2.24) is 9.97 Å². The van der Waals surface area contributed by atoms with Gasteiger partial charge in [-0.3, -0.25) is 19.5 Å². The van der Waals surface area contributed by atoms with Crippen LogP contribution < -0.4 is 4.90 Å². The molecule has 4 aromatic rings. The summed E-state index contributed by atoms with van der Waals surface area (Å²) in [6.07, 6.45) is 3.00. The van der Waals surface area contributed by atoms with Crippen LogP contribution in [0.5, 0.6) is 0 Å². The van der Waals surface area contributed by atoms with Gasteiger partial charge in [0.1, 0.15) is 5.76 Å². The zero-order chi connectivity index (χ0) is 22.4. The van der Waals surface area contributed by atoms with Crippen molar-refractivity contribution >= 4 is 67.3 Å². The highest BCUT2D eigenvalue weighted by molar-refractivity contribution is 7.22. The van der Waals surface area contributed by atoms with Crippen molar-refractivity contribution in [1.29, 1.82) is 0 Å². The first kappa shape index (κ1) is 20.6. The van der Waals surface area contributed by atoms with E-state index in [0.717, 1.165) is 4.70 Å². The number of halogens is 2. The molecule has 0 bridgehead atoms. The summed E-state index contributed by atoms with van der Waals surface area (Å²) in [7, 11) is 0. The maximum atomic E-state index is 13.2. The third kappa shape index (κ3) is 3.44. The Labute approximate surface area is 196 Å². The Morgan fingerprint density at radius 2 is 1.66 bits per heavy atom. The van der Waals surface area contributed by atoms with Crippen molar-refractivity contribution in [3.05, 3.63) is 93.7 Å². The average molecular weight is 482 g/mol. The highest BCUT2D eigenvalue weighted by Crippen LogP contribution is 2.44. The van der Waals surface area contributed by atoms with E-state index in [1.165, 1.54) is 28.6 Å². The van der Waals surface area contributed by atoms with Crippen molar-refractivity contribution in [2.24, 2.45) is 0 Å². The fraction of sp³-hybridized carbons (Fsp3) is 0.0435. The number of aliphatic hydroxyl groups is 1. The lowest BCUT2D eigenvalue weighted by atomic mass is 9.96. The number of Topliss-reactive ketones (excluding diaryl/α,β-unsaturated/α-hetero) is 1. The van der Waals surface area contributed by atoms with Gasteiger partial charge in [0, 0.05) is 28.0 Å². The largest absolute Gasteiger partial charge is 0.507 e. The predicted octanol–water partition coefficient (Wildman–Crippen LogP) is 5.62. The summed E-state index contributed by atoms with van der Waals surface area (Å²) < 4.78 is 0.776. The summed E-state index contributed by atoms with van der Waals surface area (Å²) in [5.41, 5.74) is 1.62. The highest BCUT2D eigenvalue weighted by Gasteiger charge is 2.48. The second-order valence-electron chi connectivity index (χ2n) is 7.07. The summed E-state index contributed by atoms with van der Waals surface area (Å²) in [5, 5.41) is 12.4. The number of carbonyl (C=O) groups is 2. The van der Waals surface area contributed by atoms with E-state index < -0.39 is 17.7 Å². The monoisotopic (exact) mass is 481 g/mol. The number of fused-ring (bicyclic) bond motifs is 1. The number of aromatic nitrogens is 2. The lowest BCUT2D eigenvalue weighted by Crippen LogP contribution is -2.29. The van der Waals surface area contributed by atoms with E-state index in [0.29, 0.717) is 31.8 Å². The van der Waals surface area contributed by atoms with Gasteiger partial charge in [-0.2, -0.15) is 0 Å². The summed E-state index contributed by atoms with van der Waals surface area (Å²) in [5.74, 6) is -1.85. The number of hydrogen-bond acceptors (Lipinski definition) is 6. The molecule has 158 valence electrons. The van der Waals surface area contributed by atoms with Gasteiger partial charge in [0.2, 0.25) is 0 Å². The molecular formula is C23H13Cl2N3O3S. The van der Waals surface area contributed by atoms with Gasteiger partial charge in [-0.15, -0.1) is 0 Å². The Balaban J connectivity index is 1.73. The molecule has 1 N–H and O–H groups in total. The van der Waals surface area contributed by atoms with Crippen LogP contribution in [0.1, 0.15) is 17.2 Å². The minimum absolute atomic E-state index is 0.0270. The Morgan fingerprint density at radius 1 is 0.969 bits per heavy atom. The molecule has 2 aromatic heterocycles. The normalized spacial score (nSPS) is 17.9. The third-order valence-electron chi connectivity index (χ3n) is 5.13. The third-order valence-corrected chi connectivity index (χ3v) is 6.63. The van der Waals surface area contributed by atoms with E-state index in [9.17, 15) is 14.7 Å². The highest BCUT2D eigenvalue weighted by atomic mass is 35.5. The molecule has 0 radical (unpaired) electrons. The molecule has 6 nitrogen and oxygen atoms in total. The number of hydrogen-bond donors (Lipinski definition) is 1. The maximum Gasteiger partial charge on any atom is 0.301 e. The number of carbonyl (C=O) groups excluding carboxylic acids is 2. The number of ketones is 1. The second-order valence-corrected chi connectivity index (χ2v) is 8.95. The standard InChI is InChI=1S/C23H13Cl2N3O3S/c24-14-3-1-12(2-4-14)19-18(20(29)13-7-9-26-10-8-13)21(30)22(31)28(19)23-27-16-6-5-15(25)11-17(16)32-23/h1-11,19,29H. The average Bonchev–Trinajstić information content (AvgIpc) is 3.32. The SMILES string of the molecule is O=C1C(=O)N(c2nc3ccc(Cl)cc3s2)C(c2ccc(Cl)cc2)C1=C(O)c1ccncc1. The van der Waals surface area contributed by atoms with Gasteiger partial charge in [-0.25, -0.2) is 4.98 Å². The number of benzene rings is 2. The quantitative estimate of drug-likeness (QED) is 0.233. The lowest BCUT2D eigenvalue weighted by molar-refractivity contribution is -0.132. The molecule has 32 heavy (non-hydrogen) atoms. The minimum Gasteiger partial charge on any atom is -0.507 e. The zero-order valence-electron chi connectivity index (χ0n) is 16.2. The molecule has 3 heterocycles. The van der Waals surface area contributed by atoms with Crippen LogP contribution in [-0.4, -0.2) is 26.8 Å². The topological polar surface area (TPSA) is 83.4 Å². The number of nitrogens with zero attached hydrogens (tertiary/aromatic N) is 3. The molecule has 1 amide bonds. The van der Waals surface area contributed by atoms with Crippen LogP contribution >= 0.6 is 34.5 Å². The van der Waals surface area contributed by atoms with Crippen LogP contribution in [0.15, 0.2) is 72.6 Å². The van der Waals surface area contributed by atoms with Crippen LogP contribution in [0.2, 0.25) is 10.0 Å². The molecular weight excluding hydrogens is 469 g/mol. The van der Waals surface area contributed by atoms with Crippen LogP contribution in [-0.2, 0) is 9.59 Å². The van der Waals surface area contributed by atoms with E-state index >= 15 is 0 Å². The van der Waals surface area contributed by atoms with Gasteiger partial charge in [-0.1, -0.05) is 46.7 Å². The first-order chi connectivity index (χ1) is 15.4. The molecule has 1 saturated heterocycles. The number of pyridine rings is 1. The molecule has 5 rings (SSSR count). The van der Waals surface area contributed by atoms with Crippen molar-refractivity contribution < 1.29 is 14.7 Å². The molecule has 1 unspecified atom stereocenters. The zero-order valence-corrected chi connectivity index (χ0v) is 18.5. The Kier molecular flexibility index (Phi) is 5.17. The van der Waals surface area contributed by atoms with Crippen LogP contribution in [0, 0.1) is 0 Å². The maximum absolute atomic E-state index is 13.2. The fourth-order valence-electron chi connectivity index (χ4n) is 3.64. The molecule has 0 spiro atoms. The Morgan fingerprint density at radius 3 is 2.38 bits per heavy atom. The first-order valence-electron chi connectivity index (χ1n) is 9.47. The van der Waals surface area contributed by atoms with E-state index in [1.54, 1.807) is 54.6 Å². The van der Waals surface area contributed by atoms with E-state index in [2.05, 4.69) is 9.97 Å². The second kappa shape index (κ2) is 8.02. The summed E-state index contributed by atoms with van der Waals surface area (Å²) in [4.78, 5) is 36.1. The number of anilines is 1. The van der Waals surface area contributed by atoms with Gasteiger partial charge < -0.3 is 5.11 Å². The van der Waals surface area contributed by atoms with Crippen molar-refractivity contribution in [2.75, 3.05) is 4.90 Å². The fourth-order valence-corrected chi connectivity index (χ4v) is 5.04. The van der Waals surface area contributed by atoms with Gasteiger partial charge in [0.25, 0.3) is 5.78 Å². The number of amides is 1. The lowest BCUT2D eigenvalue weighted by Gasteiger charge is -2.23. The van der Waals surface area contributed by atoms with Gasteiger partial charge >= 0.3 is 5.91 Å². The van der Waals surface area contributed by atoms with Crippen molar-refractivity contribution in [3.8, 4) is 0 Å². The van der Waals surface area contributed by atoms with Crippen molar-refractivity contribution in [3.63, 3.8) is 0 Å². The molecule has 1 fully saturated rings. The molecule has 1 aliphatic rings. The Bertz CT molecular complexity index is 1400. The number of rotatable bonds is 3. The number of aliphatic hydroxyl groups excluding tert-OH is 1. The summed E-state index contributed by atoms with van der Waals surface area (Å²) in [6, 6.07) is 14.3. The minimum atomic E-state index is -0.878. The first-order valence-corrected chi connectivity index (χ1v) is 11.0. The smallest absolute Gasteiger partial charge is 0.301 e.